The summed E-state index contributed by atoms with van der Waals surface area (Å²) in [5.74, 6) is -0.264. The van der Waals surface area contributed by atoms with E-state index in [4.69, 9.17) is 4.74 Å². The average Bonchev–Trinajstić information content (AvgIpc) is 2.34. The number of rotatable bonds is 4. The van der Waals surface area contributed by atoms with Crippen molar-refractivity contribution < 1.29 is 9.53 Å². The van der Waals surface area contributed by atoms with Crippen molar-refractivity contribution in [2.45, 2.75) is 13.8 Å². The molecule has 1 rings (SSSR count). The van der Waals surface area contributed by atoms with Crippen LogP contribution in [0.2, 0.25) is 0 Å². The van der Waals surface area contributed by atoms with Crippen LogP contribution < -0.4 is 0 Å². The second-order valence-electron chi connectivity index (χ2n) is 3.38. The molecule has 0 radical (unpaired) electrons. The molecule has 0 atom stereocenters. The molecule has 0 amide bonds. The zero-order valence-corrected chi connectivity index (χ0v) is 9.64. The van der Waals surface area contributed by atoms with Gasteiger partial charge in [0.05, 0.1) is 0 Å². The zero-order valence-electron chi connectivity index (χ0n) is 9.64. The quantitative estimate of drug-likeness (QED) is 0.570. The highest BCUT2D eigenvalue weighted by Gasteiger charge is 2.01. The van der Waals surface area contributed by atoms with Crippen LogP contribution in [0.4, 0.5) is 0 Å². The minimum Gasteiger partial charge on any atom is -0.458 e. The standard InChI is InChI=1S/C14H16O2/c1-3-12(2)14(15)16-11-7-10-13-8-5-4-6-9-13/h3-10H,11H2,1-2H3/b10-7+,12-3-. The van der Waals surface area contributed by atoms with Crippen LogP contribution in [-0.4, -0.2) is 12.6 Å². The van der Waals surface area contributed by atoms with Crippen molar-refractivity contribution in [1.82, 2.24) is 0 Å². The van der Waals surface area contributed by atoms with Crippen LogP contribution >= 0.6 is 0 Å². The Morgan fingerprint density at radius 3 is 2.62 bits per heavy atom. The summed E-state index contributed by atoms with van der Waals surface area (Å²) >= 11 is 0. The van der Waals surface area contributed by atoms with Gasteiger partial charge in [-0.25, -0.2) is 4.79 Å². The Kier molecular flexibility index (Phi) is 5.06. The molecule has 0 aliphatic heterocycles. The summed E-state index contributed by atoms with van der Waals surface area (Å²) < 4.78 is 5.02. The third kappa shape index (κ3) is 4.13. The highest BCUT2D eigenvalue weighted by atomic mass is 16.5. The Labute approximate surface area is 96.2 Å². The summed E-state index contributed by atoms with van der Waals surface area (Å²) in [6, 6.07) is 9.89. The van der Waals surface area contributed by atoms with E-state index in [1.807, 2.05) is 49.4 Å². The third-order valence-corrected chi connectivity index (χ3v) is 2.18. The number of hydrogen-bond acceptors (Lipinski definition) is 2. The topological polar surface area (TPSA) is 26.3 Å². The van der Waals surface area contributed by atoms with Crippen molar-refractivity contribution in [3.8, 4) is 0 Å². The largest absolute Gasteiger partial charge is 0.458 e. The van der Waals surface area contributed by atoms with E-state index in [2.05, 4.69) is 0 Å². The maximum Gasteiger partial charge on any atom is 0.333 e. The van der Waals surface area contributed by atoms with Gasteiger partial charge in [-0.2, -0.15) is 0 Å². The van der Waals surface area contributed by atoms with E-state index in [0.717, 1.165) is 5.56 Å². The highest BCUT2D eigenvalue weighted by molar-refractivity contribution is 5.87. The van der Waals surface area contributed by atoms with Crippen LogP contribution in [-0.2, 0) is 9.53 Å². The van der Waals surface area contributed by atoms with Gasteiger partial charge < -0.3 is 4.74 Å². The number of benzene rings is 1. The Bertz CT molecular complexity index is 388. The van der Waals surface area contributed by atoms with Crippen molar-refractivity contribution in [2.75, 3.05) is 6.61 Å². The molecule has 0 aromatic heterocycles. The molecular formula is C14H16O2. The van der Waals surface area contributed by atoms with E-state index in [1.165, 1.54) is 0 Å². The molecule has 0 unspecified atom stereocenters. The van der Waals surface area contributed by atoms with Crippen LogP contribution in [0.3, 0.4) is 0 Å². The lowest BCUT2D eigenvalue weighted by molar-refractivity contribution is -0.137. The van der Waals surface area contributed by atoms with E-state index < -0.39 is 0 Å². The average molecular weight is 216 g/mol. The Morgan fingerprint density at radius 2 is 2.00 bits per heavy atom. The molecule has 0 fully saturated rings. The molecular weight excluding hydrogens is 200 g/mol. The van der Waals surface area contributed by atoms with E-state index in [1.54, 1.807) is 13.0 Å². The molecule has 0 spiro atoms. The van der Waals surface area contributed by atoms with Gasteiger partial charge in [-0.05, 0) is 25.5 Å². The molecule has 1 aromatic rings. The number of carbonyl (C=O) groups is 1. The molecule has 0 N–H and O–H groups in total. The van der Waals surface area contributed by atoms with Gasteiger partial charge in [0.15, 0.2) is 0 Å². The van der Waals surface area contributed by atoms with Gasteiger partial charge in [0.2, 0.25) is 0 Å². The first-order valence-corrected chi connectivity index (χ1v) is 5.25. The predicted molar refractivity (Wildman–Crippen MR) is 65.9 cm³/mol. The van der Waals surface area contributed by atoms with Gasteiger partial charge in [0.1, 0.15) is 6.61 Å². The Hall–Kier alpha value is -1.83. The number of esters is 1. The fourth-order valence-corrected chi connectivity index (χ4v) is 1.10. The summed E-state index contributed by atoms with van der Waals surface area (Å²) in [6.07, 6.45) is 5.50. The zero-order chi connectivity index (χ0) is 11.8. The fraction of sp³-hybridized carbons (Fsp3) is 0.214. The van der Waals surface area contributed by atoms with Gasteiger partial charge in [-0.15, -0.1) is 0 Å². The predicted octanol–water partition coefficient (Wildman–Crippen LogP) is 3.21. The first-order valence-electron chi connectivity index (χ1n) is 5.25. The van der Waals surface area contributed by atoms with Crippen LogP contribution in [0.25, 0.3) is 6.08 Å². The molecule has 0 heterocycles. The molecule has 0 saturated heterocycles. The van der Waals surface area contributed by atoms with E-state index in [9.17, 15) is 4.79 Å². The van der Waals surface area contributed by atoms with Gasteiger partial charge in [0.25, 0.3) is 0 Å². The number of allylic oxidation sites excluding steroid dienone is 1. The van der Waals surface area contributed by atoms with E-state index in [0.29, 0.717) is 12.2 Å². The van der Waals surface area contributed by atoms with Crippen LogP contribution in [0.15, 0.2) is 48.1 Å². The fourth-order valence-electron chi connectivity index (χ4n) is 1.10. The molecule has 0 aliphatic rings. The molecule has 0 bridgehead atoms. The van der Waals surface area contributed by atoms with Gasteiger partial charge in [0, 0.05) is 5.57 Å². The number of ether oxygens (including phenoxy) is 1. The molecule has 2 heteroatoms. The molecule has 0 aliphatic carbocycles. The van der Waals surface area contributed by atoms with Crippen molar-refractivity contribution in [1.29, 1.82) is 0 Å². The maximum atomic E-state index is 11.3. The third-order valence-electron chi connectivity index (χ3n) is 2.18. The second kappa shape index (κ2) is 6.62. The van der Waals surface area contributed by atoms with Crippen molar-refractivity contribution in [3.05, 3.63) is 53.6 Å². The number of hydrogen-bond donors (Lipinski definition) is 0. The summed E-state index contributed by atoms with van der Waals surface area (Å²) in [7, 11) is 0. The Balaban J connectivity index is 2.37. The van der Waals surface area contributed by atoms with Gasteiger partial charge >= 0.3 is 5.97 Å². The molecule has 1 aromatic carbocycles. The SMILES string of the molecule is C/C=C(/C)C(=O)OC/C=C/c1ccccc1. The van der Waals surface area contributed by atoms with Gasteiger partial charge in [-0.1, -0.05) is 42.5 Å². The smallest absolute Gasteiger partial charge is 0.333 e. The number of carbonyl (C=O) groups excluding carboxylic acids is 1. The van der Waals surface area contributed by atoms with Crippen molar-refractivity contribution in [2.24, 2.45) is 0 Å². The minimum atomic E-state index is -0.264. The van der Waals surface area contributed by atoms with Crippen LogP contribution in [0, 0.1) is 0 Å². The van der Waals surface area contributed by atoms with E-state index >= 15 is 0 Å². The van der Waals surface area contributed by atoms with Crippen LogP contribution in [0.1, 0.15) is 19.4 Å². The maximum absolute atomic E-state index is 11.3. The molecule has 16 heavy (non-hydrogen) atoms. The first kappa shape index (κ1) is 12.2. The monoisotopic (exact) mass is 216 g/mol. The van der Waals surface area contributed by atoms with Crippen LogP contribution in [0.5, 0.6) is 0 Å². The molecule has 2 nitrogen and oxygen atoms in total. The Morgan fingerprint density at radius 1 is 1.31 bits per heavy atom. The minimum absolute atomic E-state index is 0.264. The summed E-state index contributed by atoms with van der Waals surface area (Å²) in [5.41, 5.74) is 1.73. The first-order chi connectivity index (χ1) is 7.74. The highest BCUT2D eigenvalue weighted by Crippen LogP contribution is 2.01. The lowest BCUT2D eigenvalue weighted by Gasteiger charge is -2.00. The lowest BCUT2D eigenvalue weighted by Crippen LogP contribution is -2.05. The molecule has 84 valence electrons. The molecule has 0 saturated carbocycles. The lowest BCUT2D eigenvalue weighted by atomic mass is 10.2. The summed E-state index contributed by atoms with van der Waals surface area (Å²) in [4.78, 5) is 11.3. The summed E-state index contributed by atoms with van der Waals surface area (Å²) in [5, 5.41) is 0. The van der Waals surface area contributed by atoms with E-state index in [-0.39, 0.29) is 5.97 Å². The van der Waals surface area contributed by atoms with Crippen molar-refractivity contribution in [3.63, 3.8) is 0 Å². The summed E-state index contributed by atoms with van der Waals surface area (Å²) in [6.45, 7) is 3.86. The van der Waals surface area contributed by atoms with Crippen molar-refractivity contribution >= 4 is 12.0 Å². The normalized spacial score (nSPS) is 11.8. The van der Waals surface area contributed by atoms with Gasteiger partial charge in [-0.3, -0.25) is 0 Å². The second-order valence-corrected chi connectivity index (χ2v) is 3.38.